The Kier molecular flexibility index (Phi) is 20.4. The van der Waals surface area contributed by atoms with Crippen LogP contribution in [0.4, 0.5) is 0 Å². The summed E-state index contributed by atoms with van der Waals surface area (Å²) in [6, 6.07) is 18.6. The molecule has 0 saturated heterocycles. The number of hydrogen-bond acceptors (Lipinski definition) is 1. The highest BCUT2D eigenvalue weighted by atomic mass is 16.2. The van der Waals surface area contributed by atoms with Crippen molar-refractivity contribution < 1.29 is 4.79 Å². The van der Waals surface area contributed by atoms with Crippen molar-refractivity contribution in [3.8, 4) is 0 Å². The fourth-order valence-electron chi connectivity index (χ4n) is 3.70. The molecule has 3 heteroatoms. The van der Waals surface area contributed by atoms with Crippen molar-refractivity contribution in [1.29, 1.82) is 0 Å². The van der Waals surface area contributed by atoms with Crippen LogP contribution < -0.4 is 0 Å². The van der Waals surface area contributed by atoms with E-state index in [2.05, 4.69) is 35.3 Å². The van der Waals surface area contributed by atoms with Crippen LogP contribution in [0.3, 0.4) is 0 Å². The number of nitrogens with zero attached hydrogens (tertiary/aromatic N) is 1. The van der Waals surface area contributed by atoms with Crippen LogP contribution in [-0.4, -0.2) is 22.3 Å². The minimum atomic E-state index is -0.0638. The summed E-state index contributed by atoms with van der Waals surface area (Å²) in [5.74, 6) is 0.0654. The lowest BCUT2D eigenvalue weighted by molar-refractivity contribution is -0.128. The van der Waals surface area contributed by atoms with E-state index in [0.29, 0.717) is 0 Å². The van der Waals surface area contributed by atoms with E-state index >= 15 is 0 Å². The zero-order chi connectivity index (χ0) is 26.5. The van der Waals surface area contributed by atoms with Crippen LogP contribution in [0.25, 0.3) is 10.9 Å². The van der Waals surface area contributed by atoms with Gasteiger partial charge in [0.15, 0.2) is 0 Å². The molecular weight excluding hydrogens is 416 g/mol. The highest BCUT2D eigenvalue weighted by molar-refractivity contribution is 5.90. The molecule has 4 rings (SSSR count). The van der Waals surface area contributed by atoms with E-state index in [4.69, 9.17) is 0 Å². The molecule has 0 bridgehead atoms. The number of amides is 1. The predicted octanol–water partition coefficient (Wildman–Crippen LogP) is 9.35. The fraction of sp³-hybridized carbons (Fsp3) is 0.452. The predicted molar refractivity (Wildman–Crippen MR) is 154 cm³/mol. The molecule has 0 radical (unpaired) electrons. The molecule has 1 aromatic heterocycles. The van der Waals surface area contributed by atoms with Crippen LogP contribution >= 0.6 is 0 Å². The van der Waals surface area contributed by atoms with E-state index in [9.17, 15) is 4.79 Å². The fourth-order valence-corrected chi connectivity index (χ4v) is 3.70. The number of allylic oxidation sites excluding steroid dienone is 1. The molecule has 1 amide bonds. The number of H-pyrrole nitrogens is 1. The average molecular weight is 467 g/mol. The zero-order valence-electron chi connectivity index (χ0n) is 23.7. The third kappa shape index (κ3) is 8.52. The van der Waals surface area contributed by atoms with E-state index in [0.717, 1.165) is 29.7 Å². The number of carbonyl (C=O) groups excluding carboxylic acids is 1. The smallest absolute Gasteiger partial charge is 0.247 e. The van der Waals surface area contributed by atoms with Crippen molar-refractivity contribution in [1.82, 2.24) is 9.88 Å². The second kappa shape index (κ2) is 20.8. The van der Waals surface area contributed by atoms with Crippen LogP contribution in [0.5, 0.6) is 0 Å². The first-order chi connectivity index (χ1) is 16.8. The number of rotatable bonds is 2. The van der Waals surface area contributed by atoms with E-state index < -0.39 is 0 Å². The molecular formula is C31H50N2O. The van der Waals surface area contributed by atoms with Crippen LogP contribution in [0, 0.1) is 0 Å². The largest absolute Gasteiger partial charge is 0.356 e. The molecule has 0 aliphatic carbocycles. The lowest BCUT2D eigenvalue weighted by Gasteiger charge is -2.35. The molecule has 1 N–H and O–H groups in total. The summed E-state index contributed by atoms with van der Waals surface area (Å²) in [5, 5.41) is 1.27. The van der Waals surface area contributed by atoms with E-state index in [1.54, 1.807) is 6.08 Å². The van der Waals surface area contributed by atoms with Gasteiger partial charge in [-0.15, -0.1) is 0 Å². The second-order valence-corrected chi connectivity index (χ2v) is 6.16. The van der Waals surface area contributed by atoms with Crippen molar-refractivity contribution in [2.24, 2.45) is 0 Å². The SMILES string of the molecule is C/C=C/C(=O)N1CCc2c([nH]c3ccccc23)C1c1ccccc1.CC.CC.CC.CC.CC. The van der Waals surface area contributed by atoms with Gasteiger partial charge in [-0.1, -0.05) is 124 Å². The first kappa shape index (κ1) is 33.4. The molecule has 2 aromatic carbocycles. The van der Waals surface area contributed by atoms with Gasteiger partial charge in [0, 0.05) is 23.1 Å². The van der Waals surface area contributed by atoms with Gasteiger partial charge in [0.1, 0.15) is 0 Å². The summed E-state index contributed by atoms with van der Waals surface area (Å²) in [7, 11) is 0. The number of benzene rings is 2. The lowest BCUT2D eigenvalue weighted by Crippen LogP contribution is -2.39. The summed E-state index contributed by atoms with van der Waals surface area (Å²) in [6.07, 6.45) is 4.35. The third-order valence-corrected chi connectivity index (χ3v) is 4.74. The first-order valence-corrected chi connectivity index (χ1v) is 13.4. The molecule has 0 saturated carbocycles. The highest BCUT2D eigenvalue weighted by Crippen LogP contribution is 2.38. The summed E-state index contributed by atoms with van der Waals surface area (Å²) in [6.45, 7) is 22.6. The van der Waals surface area contributed by atoms with Gasteiger partial charge in [0.05, 0.1) is 6.04 Å². The Morgan fingerprint density at radius 1 is 0.824 bits per heavy atom. The number of fused-ring (bicyclic) bond motifs is 3. The Morgan fingerprint density at radius 2 is 1.35 bits per heavy atom. The molecule has 34 heavy (non-hydrogen) atoms. The average Bonchev–Trinajstić information content (AvgIpc) is 3.33. The molecule has 1 atom stereocenters. The maximum atomic E-state index is 12.6. The van der Waals surface area contributed by atoms with Crippen molar-refractivity contribution >= 4 is 16.8 Å². The number of aromatic amines is 1. The van der Waals surface area contributed by atoms with Crippen molar-refractivity contribution in [3.05, 3.63) is 83.6 Å². The van der Waals surface area contributed by atoms with Gasteiger partial charge in [-0.3, -0.25) is 4.79 Å². The van der Waals surface area contributed by atoms with Crippen LogP contribution in [0.2, 0.25) is 0 Å². The summed E-state index contributed by atoms with van der Waals surface area (Å²) in [5.41, 5.74) is 4.77. The molecule has 2 heterocycles. The number of hydrogen-bond donors (Lipinski definition) is 1. The quantitative estimate of drug-likeness (QED) is 0.375. The molecule has 3 aromatic rings. The van der Waals surface area contributed by atoms with Gasteiger partial charge in [-0.25, -0.2) is 0 Å². The molecule has 3 nitrogen and oxygen atoms in total. The van der Waals surface area contributed by atoms with E-state index in [1.165, 1.54) is 10.9 Å². The van der Waals surface area contributed by atoms with E-state index in [-0.39, 0.29) is 11.9 Å². The van der Waals surface area contributed by atoms with Crippen LogP contribution in [0.15, 0.2) is 66.7 Å². The zero-order valence-corrected chi connectivity index (χ0v) is 23.7. The first-order valence-electron chi connectivity index (χ1n) is 13.4. The van der Waals surface area contributed by atoms with Crippen LogP contribution in [-0.2, 0) is 11.2 Å². The minimum Gasteiger partial charge on any atom is -0.356 e. The molecule has 1 unspecified atom stereocenters. The monoisotopic (exact) mass is 466 g/mol. The normalized spacial score (nSPS) is 13.1. The standard InChI is InChI=1S/C21H20N2O.5C2H6/c1-2-8-19(24)23-14-13-17-16-11-6-7-12-18(16)22-20(17)21(23)15-9-4-3-5-10-15;5*1-2/h2-12,21-22H,13-14H2,1H3;5*1-2H3/b8-2+;;;;;. The lowest BCUT2D eigenvalue weighted by atomic mass is 9.92. The van der Waals surface area contributed by atoms with Crippen molar-refractivity contribution in [2.75, 3.05) is 6.54 Å². The summed E-state index contributed by atoms with van der Waals surface area (Å²) < 4.78 is 0. The Balaban J connectivity index is 0. The third-order valence-electron chi connectivity index (χ3n) is 4.74. The van der Waals surface area contributed by atoms with Gasteiger partial charge in [-0.2, -0.15) is 0 Å². The molecule has 1 aliphatic heterocycles. The van der Waals surface area contributed by atoms with Crippen LogP contribution in [0.1, 0.15) is 99.0 Å². The number of carbonyl (C=O) groups is 1. The molecule has 0 spiro atoms. The topological polar surface area (TPSA) is 36.1 Å². The molecule has 1 aliphatic rings. The Bertz CT molecular complexity index is 910. The Labute approximate surface area is 210 Å². The highest BCUT2D eigenvalue weighted by Gasteiger charge is 2.33. The van der Waals surface area contributed by atoms with Gasteiger partial charge in [0.25, 0.3) is 0 Å². The van der Waals surface area contributed by atoms with Crippen molar-refractivity contribution in [3.63, 3.8) is 0 Å². The Hall–Kier alpha value is -2.81. The van der Waals surface area contributed by atoms with Gasteiger partial charge >= 0.3 is 0 Å². The summed E-state index contributed by atoms with van der Waals surface area (Å²) >= 11 is 0. The van der Waals surface area contributed by atoms with Gasteiger partial charge in [-0.05, 0) is 36.6 Å². The minimum absolute atomic E-state index is 0.0638. The summed E-state index contributed by atoms with van der Waals surface area (Å²) in [4.78, 5) is 18.2. The maximum Gasteiger partial charge on any atom is 0.247 e. The van der Waals surface area contributed by atoms with Gasteiger partial charge < -0.3 is 9.88 Å². The second-order valence-electron chi connectivity index (χ2n) is 6.16. The van der Waals surface area contributed by atoms with E-state index in [1.807, 2.05) is 111 Å². The molecule has 0 fully saturated rings. The van der Waals surface area contributed by atoms with Crippen molar-refractivity contribution in [2.45, 2.75) is 88.6 Å². The number of aromatic nitrogens is 1. The molecule has 190 valence electrons. The maximum absolute atomic E-state index is 12.6. The number of nitrogens with one attached hydrogen (secondary N) is 1. The number of para-hydroxylation sites is 1. The van der Waals surface area contributed by atoms with Gasteiger partial charge in [0.2, 0.25) is 5.91 Å². The Morgan fingerprint density at radius 3 is 1.91 bits per heavy atom.